The smallest absolute Gasteiger partial charge is 0.241 e. The molecule has 0 radical (unpaired) electrons. The standard InChI is InChI=1S/C19H22N2O3S/c1-13-7-10-16(11-8-13)25(23,24)21-14(2)19(22)20-18-12-9-15-5-3-4-6-17(15)18/h3-8,10-11,14,18,21H,9,12H2,1-2H3,(H,20,22)/t14-,18-/m0/s1. The molecular weight excluding hydrogens is 336 g/mol. The van der Waals surface area contributed by atoms with Crippen molar-refractivity contribution in [2.75, 3.05) is 0 Å². The molecule has 2 aromatic rings. The Morgan fingerprint density at radius 3 is 2.52 bits per heavy atom. The lowest BCUT2D eigenvalue weighted by Gasteiger charge is -2.19. The predicted molar refractivity (Wildman–Crippen MR) is 96.6 cm³/mol. The van der Waals surface area contributed by atoms with Gasteiger partial charge in [0.05, 0.1) is 17.0 Å². The quantitative estimate of drug-likeness (QED) is 0.862. The second-order valence-corrected chi connectivity index (χ2v) is 8.17. The highest BCUT2D eigenvalue weighted by Gasteiger charge is 2.27. The fourth-order valence-corrected chi connectivity index (χ4v) is 4.28. The van der Waals surface area contributed by atoms with Crippen LogP contribution >= 0.6 is 0 Å². The van der Waals surface area contributed by atoms with E-state index >= 15 is 0 Å². The van der Waals surface area contributed by atoms with Crippen molar-refractivity contribution in [3.05, 3.63) is 65.2 Å². The van der Waals surface area contributed by atoms with Gasteiger partial charge >= 0.3 is 0 Å². The Kier molecular flexibility index (Phi) is 4.92. The first-order valence-corrected chi connectivity index (χ1v) is 9.82. The number of amides is 1. The van der Waals surface area contributed by atoms with Crippen molar-refractivity contribution in [1.82, 2.24) is 10.0 Å². The Hall–Kier alpha value is -2.18. The number of carbonyl (C=O) groups is 1. The Labute approximate surface area is 148 Å². The Balaban J connectivity index is 1.66. The van der Waals surface area contributed by atoms with Crippen molar-refractivity contribution in [2.24, 2.45) is 0 Å². The van der Waals surface area contributed by atoms with Crippen LogP contribution in [0.4, 0.5) is 0 Å². The molecule has 0 aliphatic heterocycles. The van der Waals surface area contributed by atoms with E-state index in [2.05, 4.69) is 16.1 Å². The van der Waals surface area contributed by atoms with Gasteiger partial charge in [0.2, 0.25) is 15.9 Å². The van der Waals surface area contributed by atoms with Crippen LogP contribution in [0.1, 0.15) is 36.1 Å². The van der Waals surface area contributed by atoms with Crippen LogP contribution in [0.3, 0.4) is 0 Å². The zero-order valence-corrected chi connectivity index (χ0v) is 15.1. The molecule has 0 aromatic heterocycles. The fourth-order valence-electron chi connectivity index (χ4n) is 3.08. The van der Waals surface area contributed by atoms with Crippen molar-refractivity contribution in [2.45, 2.75) is 43.7 Å². The third kappa shape index (κ3) is 3.91. The molecule has 2 atom stereocenters. The topological polar surface area (TPSA) is 75.3 Å². The number of hydrogen-bond donors (Lipinski definition) is 2. The molecule has 132 valence electrons. The molecule has 1 amide bonds. The summed E-state index contributed by atoms with van der Waals surface area (Å²) in [6, 6.07) is 13.6. The summed E-state index contributed by atoms with van der Waals surface area (Å²) in [5.41, 5.74) is 3.33. The molecule has 0 spiro atoms. The number of benzene rings is 2. The lowest BCUT2D eigenvalue weighted by Crippen LogP contribution is -2.45. The van der Waals surface area contributed by atoms with Gasteiger partial charge in [-0.2, -0.15) is 4.72 Å². The van der Waals surface area contributed by atoms with E-state index in [1.807, 2.05) is 25.1 Å². The van der Waals surface area contributed by atoms with Gasteiger partial charge in [-0.25, -0.2) is 8.42 Å². The summed E-state index contributed by atoms with van der Waals surface area (Å²) in [4.78, 5) is 12.6. The van der Waals surface area contributed by atoms with E-state index in [9.17, 15) is 13.2 Å². The Morgan fingerprint density at radius 2 is 1.80 bits per heavy atom. The van der Waals surface area contributed by atoms with Gasteiger partial charge in [-0.15, -0.1) is 0 Å². The molecule has 0 heterocycles. The van der Waals surface area contributed by atoms with Crippen molar-refractivity contribution in [3.8, 4) is 0 Å². The van der Waals surface area contributed by atoms with E-state index < -0.39 is 16.1 Å². The molecule has 0 bridgehead atoms. The largest absolute Gasteiger partial charge is 0.348 e. The number of fused-ring (bicyclic) bond motifs is 1. The molecule has 0 saturated heterocycles. The van der Waals surface area contributed by atoms with Gasteiger partial charge in [0.25, 0.3) is 0 Å². The van der Waals surface area contributed by atoms with E-state index in [0.717, 1.165) is 24.0 Å². The predicted octanol–water partition coefficient (Wildman–Crippen LogP) is 2.47. The Bertz CT molecular complexity index is 876. The number of aryl methyl sites for hydroxylation is 2. The second-order valence-electron chi connectivity index (χ2n) is 6.45. The van der Waals surface area contributed by atoms with E-state index in [1.54, 1.807) is 19.1 Å². The van der Waals surface area contributed by atoms with E-state index in [0.29, 0.717) is 0 Å². The second kappa shape index (κ2) is 6.98. The van der Waals surface area contributed by atoms with Crippen molar-refractivity contribution in [1.29, 1.82) is 0 Å². The minimum absolute atomic E-state index is 0.0602. The molecule has 2 aromatic carbocycles. The summed E-state index contributed by atoms with van der Waals surface area (Å²) in [6.45, 7) is 3.45. The molecule has 0 unspecified atom stereocenters. The number of carbonyl (C=O) groups excluding carboxylic acids is 1. The average molecular weight is 358 g/mol. The highest BCUT2D eigenvalue weighted by Crippen LogP contribution is 2.30. The van der Waals surface area contributed by atoms with Crippen LogP contribution in [-0.2, 0) is 21.2 Å². The summed E-state index contributed by atoms with van der Waals surface area (Å²) in [7, 11) is -3.73. The van der Waals surface area contributed by atoms with Crippen LogP contribution < -0.4 is 10.0 Å². The number of nitrogens with one attached hydrogen (secondary N) is 2. The summed E-state index contributed by atoms with van der Waals surface area (Å²) < 4.78 is 27.3. The van der Waals surface area contributed by atoms with Gasteiger partial charge in [0.1, 0.15) is 0 Å². The molecule has 2 N–H and O–H groups in total. The van der Waals surface area contributed by atoms with Gasteiger partial charge in [0, 0.05) is 0 Å². The van der Waals surface area contributed by atoms with Gasteiger partial charge in [-0.05, 0) is 49.9 Å². The maximum Gasteiger partial charge on any atom is 0.241 e. The highest BCUT2D eigenvalue weighted by atomic mass is 32.2. The zero-order valence-electron chi connectivity index (χ0n) is 14.3. The van der Waals surface area contributed by atoms with Gasteiger partial charge in [0.15, 0.2) is 0 Å². The molecular formula is C19H22N2O3S. The summed E-state index contributed by atoms with van der Waals surface area (Å²) >= 11 is 0. The normalized spacial score (nSPS) is 17.8. The number of sulfonamides is 1. The number of rotatable bonds is 5. The molecule has 6 heteroatoms. The first-order chi connectivity index (χ1) is 11.9. The van der Waals surface area contributed by atoms with Crippen LogP contribution in [0.15, 0.2) is 53.4 Å². The Morgan fingerprint density at radius 1 is 1.12 bits per heavy atom. The molecule has 0 saturated carbocycles. The summed E-state index contributed by atoms with van der Waals surface area (Å²) in [6.07, 6.45) is 1.76. The monoisotopic (exact) mass is 358 g/mol. The molecule has 3 rings (SSSR count). The number of hydrogen-bond acceptors (Lipinski definition) is 3. The van der Waals surface area contributed by atoms with Gasteiger partial charge < -0.3 is 5.32 Å². The van der Waals surface area contributed by atoms with Gasteiger partial charge in [-0.3, -0.25) is 4.79 Å². The molecule has 5 nitrogen and oxygen atoms in total. The van der Waals surface area contributed by atoms with E-state index in [1.165, 1.54) is 17.7 Å². The minimum atomic E-state index is -3.73. The molecule has 1 aliphatic rings. The minimum Gasteiger partial charge on any atom is -0.348 e. The van der Waals surface area contributed by atoms with Crippen molar-refractivity contribution in [3.63, 3.8) is 0 Å². The maximum atomic E-state index is 12.4. The third-order valence-corrected chi connectivity index (χ3v) is 6.06. The average Bonchev–Trinajstić information content (AvgIpc) is 2.98. The maximum absolute atomic E-state index is 12.4. The lowest BCUT2D eigenvalue weighted by atomic mass is 10.1. The molecule has 0 fully saturated rings. The van der Waals surface area contributed by atoms with Gasteiger partial charge in [-0.1, -0.05) is 42.0 Å². The van der Waals surface area contributed by atoms with E-state index in [4.69, 9.17) is 0 Å². The van der Waals surface area contributed by atoms with Crippen LogP contribution in [-0.4, -0.2) is 20.4 Å². The third-order valence-electron chi connectivity index (χ3n) is 4.51. The first kappa shape index (κ1) is 17.6. The molecule has 25 heavy (non-hydrogen) atoms. The SMILES string of the molecule is Cc1ccc(S(=O)(=O)N[C@@H](C)C(=O)N[C@H]2CCc3ccccc32)cc1. The van der Waals surface area contributed by atoms with Crippen molar-refractivity contribution < 1.29 is 13.2 Å². The van der Waals surface area contributed by atoms with Crippen LogP contribution in [0.25, 0.3) is 0 Å². The van der Waals surface area contributed by atoms with Crippen LogP contribution in [0.5, 0.6) is 0 Å². The van der Waals surface area contributed by atoms with E-state index in [-0.39, 0.29) is 16.8 Å². The summed E-state index contributed by atoms with van der Waals surface area (Å²) in [5, 5.41) is 2.95. The molecule has 1 aliphatic carbocycles. The summed E-state index contributed by atoms with van der Waals surface area (Å²) in [5.74, 6) is -0.322. The highest BCUT2D eigenvalue weighted by molar-refractivity contribution is 7.89. The lowest BCUT2D eigenvalue weighted by molar-refractivity contribution is -0.123. The van der Waals surface area contributed by atoms with Crippen LogP contribution in [0.2, 0.25) is 0 Å². The first-order valence-electron chi connectivity index (χ1n) is 8.34. The fraction of sp³-hybridized carbons (Fsp3) is 0.316. The van der Waals surface area contributed by atoms with Crippen LogP contribution in [0, 0.1) is 6.92 Å². The van der Waals surface area contributed by atoms with Crippen molar-refractivity contribution >= 4 is 15.9 Å². The zero-order chi connectivity index (χ0) is 18.0.